The SMILES string of the molecule is CC(C)Oc1cccc(C(=O)NC2CCCC2)c1. The molecular formula is C15H21NO2. The Morgan fingerprint density at radius 2 is 2.06 bits per heavy atom. The van der Waals surface area contributed by atoms with Crippen molar-refractivity contribution < 1.29 is 9.53 Å². The molecular weight excluding hydrogens is 226 g/mol. The molecule has 0 heterocycles. The van der Waals surface area contributed by atoms with Gasteiger partial charge in [-0.15, -0.1) is 0 Å². The van der Waals surface area contributed by atoms with Crippen LogP contribution < -0.4 is 10.1 Å². The summed E-state index contributed by atoms with van der Waals surface area (Å²) in [6, 6.07) is 7.74. The Hall–Kier alpha value is -1.51. The molecule has 0 saturated heterocycles. The minimum absolute atomic E-state index is 0.0103. The number of nitrogens with one attached hydrogen (secondary N) is 1. The molecule has 18 heavy (non-hydrogen) atoms. The van der Waals surface area contributed by atoms with Crippen LogP contribution in [0.1, 0.15) is 49.9 Å². The fourth-order valence-corrected chi connectivity index (χ4v) is 2.32. The second-order valence-electron chi connectivity index (χ2n) is 5.15. The van der Waals surface area contributed by atoms with Gasteiger partial charge in [-0.05, 0) is 44.9 Å². The van der Waals surface area contributed by atoms with E-state index in [-0.39, 0.29) is 12.0 Å². The minimum Gasteiger partial charge on any atom is -0.491 e. The molecule has 1 fully saturated rings. The van der Waals surface area contributed by atoms with E-state index in [4.69, 9.17) is 4.74 Å². The van der Waals surface area contributed by atoms with Crippen molar-refractivity contribution in [3.63, 3.8) is 0 Å². The van der Waals surface area contributed by atoms with Crippen molar-refractivity contribution in [1.29, 1.82) is 0 Å². The fraction of sp³-hybridized carbons (Fsp3) is 0.533. The van der Waals surface area contributed by atoms with Gasteiger partial charge >= 0.3 is 0 Å². The third-order valence-electron chi connectivity index (χ3n) is 3.16. The summed E-state index contributed by atoms with van der Waals surface area (Å²) in [6.07, 6.45) is 4.78. The van der Waals surface area contributed by atoms with Crippen LogP contribution in [-0.4, -0.2) is 18.1 Å². The summed E-state index contributed by atoms with van der Waals surface area (Å²) < 4.78 is 5.59. The maximum Gasteiger partial charge on any atom is 0.251 e. The summed E-state index contributed by atoms with van der Waals surface area (Å²) in [5.74, 6) is 0.764. The predicted molar refractivity (Wildman–Crippen MR) is 71.9 cm³/mol. The molecule has 2 rings (SSSR count). The van der Waals surface area contributed by atoms with Gasteiger partial charge in [-0.25, -0.2) is 0 Å². The van der Waals surface area contributed by atoms with Gasteiger partial charge in [-0.1, -0.05) is 18.9 Å². The van der Waals surface area contributed by atoms with Gasteiger partial charge in [0.2, 0.25) is 0 Å². The van der Waals surface area contributed by atoms with Gasteiger partial charge in [-0.3, -0.25) is 4.79 Å². The highest BCUT2D eigenvalue weighted by molar-refractivity contribution is 5.94. The zero-order valence-corrected chi connectivity index (χ0v) is 11.1. The number of hydrogen-bond acceptors (Lipinski definition) is 2. The lowest BCUT2D eigenvalue weighted by Crippen LogP contribution is -2.32. The minimum atomic E-state index is 0.0103. The van der Waals surface area contributed by atoms with Crippen molar-refractivity contribution in [3.05, 3.63) is 29.8 Å². The highest BCUT2D eigenvalue weighted by atomic mass is 16.5. The fourth-order valence-electron chi connectivity index (χ4n) is 2.32. The number of ether oxygens (including phenoxy) is 1. The molecule has 1 amide bonds. The molecule has 1 aromatic carbocycles. The van der Waals surface area contributed by atoms with E-state index in [1.807, 2.05) is 38.1 Å². The first-order valence-corrected chi connectivity index (χ1v) is 6.73. The van der Waals surface area contributed by atoms with Crippen molar-refractivity contribution in [1.82, 2.24) is 5.32 Å². The lowest BCUT2D eigenvalue weighted by molar-refractivity contribution is 0.0937. The van der Waals surface area contributed by atoms with E-state index < -0.39 is 0 Å². The Kier molecular flexibility index (Phi) is 4.24. The lowest BCUT2D eigenvalue weighted by Gasteiger charge is -2.13. The quantitative estimate of drug-likeness (QED) is 0.887. The van der Waals surface area contributed by atoms with Crippen LogP contribution in [0.15, 0.2) is 24.3 Å². The average molecular weight is 247 g/mol. The van der Waals surface area contributed by atoms with Crippen LogP contribution in [0.25, 0.3) is 0 Å². The predicted octanol–water partition coefficient (Wildman–Crippen LogP) is 3.15. The topological polar surface area (TPSA) is 38.3 Å². The Balaban J connectivity index is 2.00. The van der Waals surface area contributed by atoms with Crippen LogP contribution in [0, 0.1) is 0 Å². The molecule has 0 unspecified atom stereocenters. The second kappa shape index (κ2) is 5.89. The van der Waals surface area contributed by atoms with Gasteiger partial charge in [0.05, 0.1) is 6.10 Å². The molecule has 1 aliphatic rings. The first-order chi connectivity index (χ1) is 8.65. The molecule has 1 aromatic rings. The maximum atomic E-state index is 12.1. The van der Waals surface area contributed by atoms with Gasteiger partial charge in [0, 0.05) is 11.6 Å². The molecule has 0 atom stereocenters. The Morgan fingerprint density at radius 1 is 1.33 bits per heavy atom. The van der Waals surface area contributed by atoms with Crippen molar-refractivity contribution in [2.75, 3.05) is 0 Å². The van der Waals surface area contributed by atoms with E-state index in [9.17, 15) is 4.79 Å². The lowest BCUT2D eigenvalue weighted by atomic mass is 10.1. The van der Waals surface area contributed by atoms with Crippen LogP contribution in [0.5, 0.6) is 5.75 Å². The Morgan fingerprint density at radius 3 is 2.72 bits per heavy atom. The molecule has 3 nitrogen and oxygen atoms in total. The Labute approximate surface area is 109 Å². The number of carbonyl (C=O) groups excluding carboxylic acids is 1. The van der Waals surface area contributed by atoms with Crippen LogP contribution in [0.2, 0.25) is 0 Å². The summed E-state index contributed by atoms with van der Waals surface area (Å²) in [4.78, 5) is 12.1. The van der Waals surface area contributed by atoms with Crippen LogP contribution in [-0.2, 0) is 0 Å². The maximum absolute atomic E-state index is 12.1. The zero-order chi connectivity index (χ0) is 13.0. The molecule has 1 aliphatic carbocycles. The highest BCUT2D eigenvalue weighted by Gasteiger charge is 2.18. The van der Waals surface area contributed by atoms with Crippen LogP contribution >= 0.6 is 0 Å². The molecule has 0 bridgehead atoms. The van der Waals surface area contributed by atoms with Gasteiger partial charge in [0.25, 0.3) is 5.91 Å². The van der Waals surface area contributed by atoms with E-state index in [1.165, 1.54) is 12.8 Å². The van der Waals surface area contributed by atoms with Crippen molar-refractivity contribution in [2.45, 2.75) is 51.7 Å². The molecule has 98 valence electrons. The zero-order valence-electron chi connectivity index (χ0n) is 11.1. The molecule has 3 heteroatoms. The number of rotatable bonds is 4. The molecule has 1 N–H and O–H groups in total. The number of hydrogen-bond donors (Lipinski definition) is 1. The van der Waals surface area contributed by atoms with Crippen LogP contribution in [0.4, 0.5) is 0 Å². The molecule has 0 radical (unpaired) electrons. The molecule has 0 spiro atoms. The molecule has 1 saturated carbocycles. The van der Waals surface area contributed by atoms with Crippen molar-refractivity contribution >= 4 is 5.91 Å². The van der Waals surface area contributed by atoms with Gasteiger partial charge in [-0.2, -0.15) is 0 Å². The van der Waals surface area contributed by atoms with Gasteiger partial charge < -0.3 is 10.1 Å². The summed E-state index contributed by atoms with van der Waals surface area (Å²) in [5.41, 5.74) is 0.681. The largest absolute Gasteiger partial charge is 0.491 e. The smallest absolute Gasteiger partial charge is 0.251 e. The summed E-state index contributed by atoms with van der Waals surface area (Å²) in [6.45, 7) is 3.95. The summed E-state index contributed by atoms with van der Waals surface area (Å²) in [5, 5.41) is 3.08. The summed E-state index contributed by atoms with van der Waals surface area (Å²) >= 11 is 0. The average Bonchev–Trinajstić information content (AvgIpc) is 2.81. The summed E-state index contributed by atoms with van der Waals surface area (Å²) in [7, 11) is 0. The van der Waals surface area contributed by atoms with Crippen molar-refractivity contribution in [3.8, 4) is 5.75 Å². The normalized spacial score (nSPS) is 15.9. The van der Waals surface area contributed by atoms with E-state index in [1.54, 1.807) is 0 Å². The number of amides is 1. The standard InChI is InChI=1S/C15H21NO2/c1-11(2)18-14-9-5-6-12(10-14)15(17)16-13-7-3-4-8-13/h5-6,9-11,13H,3-4,7-8H2,1-2H3,(H,16,17). The highest BCUT2D eigenvalue weighted by Crippen LogP contribution is 2.19. The van der Waals surface area contributed by atoms with Gasteiger partial charge in [0.1, 0.15) is 5.75 Å². The van der Waals surface area contributed by atoms with E-state index >= 15 is 0 Å². The van der Waals surface area contributed by atoms with E-state index in [0.717, 1.165) is 18.6 Å². The number of benzene rings is 1. The third kappa shape index (κ3) is 3.49. The first-order valence-electron chi connectivity index (χ1n) is 6.73. The van der Waals surface area contributed by atoms with E-state index in [0.29, 0.717) is 11.6 Å². The third-order valence-corrected chi connectivity index (χ3v) is 3.16. The number of carbonyl (C=O) groups is 1. The van der Waals surface area contributed by atoms with E-state index in [2.05, 4.69) is 5.32 Å². The second-order valence-corrected chi connectivity index (χ2v) is 5.15. The monoisotopic (exact) mass is 247 g/mol. The van der Waals surface area contributed by atoms with Crippen LogP contribution in [0.3, 0.4) is 0 Å². The van der Waals surface area contributed by atoms with Gasteiger partial charge in [0.15, 0.2) is 0 Å². The first kappa shape index (κ1) is 12.9. The molecule has 0 aliphatic heterocycles. The molecule has 0 aromatic heterocycles. The Bertz CT molecular complexity index is 409. The van der Waals surface area contributed by atoms with Crippen molar-refractivity contribution in [2.24, 2.45) is 0 Å².